The van der Waals surface area contributed by atoms with E-state index in [0.717, 1.165) is 46.5 Å². The highest BCUT2D eigenvalue weighted by molar-refractivity contribution is 5.79. The highest BCUT2D eigenvalue weighted by Gasteiger charge is 2.25. The van der Waals surface area contributed by atoms with Gasteiger partial charge in [-0.15, -0.1) is 0 Å². The molecule has 0 spiro atoms. The van der Waals surface area contributed by atoms with E-state index in [1.807, 2.05) is 36.7 Å². The van der Waals surface area contributed by atoms with Crippen molar-refractivity contribution in [2.45, 2.75) is 31.8 Å². The monoisotopic (exact) mass is 359 g/mol. The molecule has 6 heteroatoms. The summed E-state index contributed by atoms with van der Waals surface area (Å²) in [5, 5.41) is 18.5. The third-order valence-electron chi connectivity index (χ3n) is 5.55. The predicted molar refractivity (Wildman–Crippen MR) is 103 cm³/mol. The number of aliphatic hydroxyl groups is 1. The number of rotatable bonds is 4. The first-order chi connectivity index (χ1) is 13.3. The van der Waals surface area contributed by atoms with E-state index in [9.17, 15) is 5.11 Å². The maximum absolute atomic E-state index is 10.7. The van der Waals surface area contributed by atoms with E-state index in [0.29, 0.717) is 5.92 Å². The summed E-state index contributed by atoms with van der Waals surface area (Å²) >= 11 is 0. The Hall–Kier alpha value is -2.99. The van der Waals surface area contributed by atoms with Crippen molar-refractivity contribution in [1.29, 1.82) is 0 Å². The SMILES string of the molecule is O[C@H](c1cnc2c(ccn2-c2cccc(-c3ncn[nH]3)c2)c1)C1CCCC1. The molecule has 1 atom stereocenters. The molecule has 0 bridgehead atoms. The molecule has 0 radical (unpaired) electrons. The molecule has 3 heterocycles. The lowest BCUT2D eigenvalue weighted by molar-refractivity contribution is 0.111. The van der Waals surface area contributed by atoms with Gasteiger partial charge in [0.05, 0.1) is 6.10 Å². The van der Waals surface area contributed by atoms with E-state index in [1.165, 1.54) is 19.2 Å². The topological polar surface area (TPSA) is 79.6 Å². The lowest BCUT2D eigenvalue weighted by Crippen LogP contribution is -2.09. The van der Waals surface area contributed by atoms with Gasteiger partial charge in [0.25, 0.3) is 0 Å². The molecule has 1 aliphatic rings. The van der Waals surface area contributed by atoms with Crippen LogP contribution in [-0.2, 0) is 0 Å². The van der Waals surface area contributed by atoms with Crippen LogP contribution in [0.1, 0.15) is 37.4 Å². The number of benzene rings is 1. The van der Waals surface area contributed by atoms with Crippen LogP contribution in [0.4, 0.5) is 0 Å². The molecule has 0 unspecified atom stereocenters. The molecule has 3 aromatic heterocycles. The Morgan fingerprint density at radius 1 is 1.11 bits per heavy atom. The Morgan fingerprint density at radius 3 is 2.81 bits per heavy atom. The van der Waals surface area contributed by atoms with Crippen LogP contribution in [0.5, 0.6) is 0 Å². The number of pyridine rings is 1. The van der Waals surface area contributed by atoms with Gasteiger partial charge in [-0.1, -0.05) is 25.0 Å². The van der Waals surface area contributed by atoms with Gasteiger partial charge < -0.3 is 9.67 Å². The van der Waals surface area contributed by atoms with Crippen LogP contribution in [0, 0.1) is 5.92 Å². The van der Waals surface area contributed by atoms with Crippen LogP contribution in [0.2, 0.25) is 0 Å². The van der Waals surface area contributed by atoms with Crippen molar-refractivity contribution in [3.63, 3.8) is 0 Å². The quantitative estimate of drug-likeness (QED) is 0.576. The van der Waals surface area contributed by atoms with Gasteiger partial charge in [0, 0.05) is 29.0 Å². The Labute approximate surface area is 156 Å². The average molecular weight is 359 g/mol. The first-order valence-electron chi connectivity index (χ1n) is 9.41. The summed E-state index contributed by atoms with van der Waals surface area (Å²) in [6.07, 6.45) is 9.58. The summed E-state index contributed by atoms with van der Waals surface area (Å²) in [7, 11) is 0. The lowest BCUT2D eigenvalue weighted by atomic mass is 9.95. The molecule has 1 aliphatic carbocycles. The van der Waals surface area contributed by atoms with Gasteiger partial charge in [-0.2, -0.15) is 5.10 Å². The zero-order valence-electron chi connectivity index (χ0n) is 14.9. The highest BCUT2D eigenvalue weighted by Crippen LogP contribution is 2.36. The fourth-order valence-corrected chi connectivity index (χ4v) is 4.10. The minimum absolute atomic E-state index is 0.366. The fourth-order valence-electron chi connectivity index (χ4n) is 4.10. The summed E-state index contributed by atoms with van der Waals surface area (Å²) < 4.78 is 2.06. The molecule has 0 aliphatic heterocycles. The minimum atomic E-state index is -0.414. The standard InChI is InChI=1S/C21H21N5O/c27-19(14-4-1-2-5-14)17-10-16-8-9-26(21(16)22-12-17)18-7-3-6-15(11-18)20-23-13-24-25-20/h3,6-14,19,27H,1-2,4-5H2,(H,23,24,25)/t19-/m0/s1. The van der Waals surface area contributed by atoms with Crippen molar-refractivity contribution in [3.05, 3.63) is 60.7 Å². The van der Waals surface area contributed by atoms with Crippen LogP contribution in [0.3, 0.4) is 0 Å². The van der Waals surface area contributed by atoms with Crippen LogP contribution in [-0.4, -0.2) is 29.8 Å². The third-order valence-corrected chi connectivity index (χ3v) is 5.55. The van der Waals surface area contributed by atoms with Crippen molar-refractivity contribution in [3.8, 4) is 17.1 Å². The van der Waals surface area contributed by atoms with Gasteiger partial charge in [-0.3, -0.25) is 5.10 Å². The summed E-state index contributed by atoms with van der Waals surface area (Å²) in [6, 6.07) is 12.2. The zero-order valence-corrected chi connectivity index (χ0v) is 14.9. The average Bonchev–Trinajstić information content (AvgIpc) is 3.48. The Kier molecular flexibility index (Phi) is 3.98. The predicted octanol–water partition coefficient (Wildman–Crippen LogP) is 4.03. The molecule has 2 N–H and O–H groups in total. The number of H-pyrrole nitrogens is 1. The van der Waals surface area contributed by atoms with Crippen LogP contribution >= 0.6 is 0 Å². The summed E-state index contributed by atoms with van der Waals surface area (Å²) in [5.41, 5.74) is 3.78. The molecule has 0 amide bonds. The van der Waals surface area contributed by atoms with Gasteiger partial charge >= 0.3 is 0 Å². The van der Waals surface area contributed by atoms with Crippen molar-refractivity contribution in [2.75, 3.05) is 0 Å². The third kappa shape index (κ3) is 2.92. The zero-order chi connectivity index (χ0) is 18.2. The van der Waals surface area contributed by atoms with E-state index in [2.05, 4.69) is 36.9 Å². The second kappa shape index (κ2) is 6.63. The van der Waals surface area contributed by atoms with Gasteiger partial charge in [0.2, 0.25) is 0 Å². The number of nitrogens with zero attached hydrogens (tertiary/aromatic N) is 4. The lowest BCUT2D eigenvalue weighted by Gasteiger charge is -2.17. The minimum Gasteiger partial charge on any atom is -0.388 e. The van der Waals surface area contributed by atoms with Crippen molar-refractivity contribution in [2.24, 2.45) is 5.92 Å². The van der Waals surface area contributed by atoms with Crippen LogP contribution in [0.25, 0.3) is 28.1 Å². The second-order valence-corrected chi connectivity index (χ2v) is 7.24. The van der Waals surface area contributed by atoms with E-state index in [4.69, 9.17) is 0 Å². The maximum atomic E-state index is 10.7. The Balaban J connectivity index is 1.51. The molecule has 136 valence electrons. The van der Waals surface area contributed by atoms with Crippen LogP contribution < -0.4 is 0 Å². The first-order valence-corrected chi connectivity index (χ1v) is 9.41. The summed E-state index contributed by atoms with van der Waals surface area (Å²) in [6.45, 7) is 0. The van der Waals surface area contributed by atoms with Crippen molar-refractivity contribution >= 4 is 11.0 Å². The van der Waals surface area contributed by atoms with Gasteiger partial charge in [-0.05, 0) is 48.6 Å². The Morgan fingerprint density at radius 2 is 2.00 bits per heavy atom. The maximum Gasteiger partial charge on any atom is 0.155 e. The molecule has 5 rings (SSSR count). The largest absolute Gasteiger partial charge is 0.388 e. The normalized spacial score (nSPS) is 16.2. The summed E-state index contributed by atoms with van der Waals surface area (Å²) in [5.74, 6) is 1.10. The van der Waals surface area contributed by atoms with Crippen molar-refractivity contribution < 1.29 is 5.11 Å². The van der Waals surface area contributed by atoms with E-state index < -0.39 is 6.10 Å². The number of aromatic nitrogens is 5. The van der Waals surface area contributed by atoms with Crippen molar-refractivity contribution in [1.82, 2.24) is 24.7 Å². The highest BCUT2D eigenvalue weighted by atomic mass is 16.3. The van der Waals surface area contributed by atoms with E-state index in [1.54, 1.807) is 0 Å². The Bertz CT molecular complexity index is 1060. The van der Waals surface area contributed by atoms with E-state index in [-0.39, 0.29) is 0 Å². The molecule has 1 saturated carbocycles. The summed E-state index contributed by atoms with van der Waals surface area (Å²) in [4.78, 5) is 8.89. The number of nitrogens with one attached hydrogen (secondary N) is 1. The molecule has 0 saturated heterocycles. The number of hydrogen-bond acceptors (Lipinski definition) is 4. The fraction of sp³-hybridized carbons (Fsp3) is 0.286. The molecule has 1 aromatic carbocycles. The van der Waals surface area contributed by atoms with Gasteiger partial charge in [-0.25, -0.2) is 9.97 Å². The second-order valence-electron chi connectivity index (χ2n) is 7.24. The molecular formula is C21H21N5O. The van der Waals surface area contributed by atoms with Gasteiger partial charge in [0.1, 0.15) is 12.0 Å². The number of aliphatic hydroxyl groups excluding tert-OH is 1. The number of hydrogen-bond donors (Lipinski definition) is 2. The molecule has 6 nitrogen and oxygen atoms in total. The smallest absolute Gasteiger partial charge is 0.155 e. The first kappa shape index (κ1) is 16.2. The van der Waals surface area contributed by atoms with Gasteiger partial charge in [0.15, 0.2) is 5.82 Å². The van der Waals surface area contributed by atoms with E-state index >= 15 is 0 Å². The molecule has 1 fully saturated rings. The number of aromatic amines is 1. The molecule has 27 heavy (non-hydrogen) atoms. The molecular weight excluding hydrogens is 338 g/mol. The van der Waals surface area contributed by atoms with Crippen LogP contribution in [0.15, 0.2) is 55.1 Å². The number of fused-ring (bicyclic) bond motifs is 1. The molecule has 4 aromatic rings.